The fourth-order valence-corrected chi connectivity index (χ4v) is 3.45. The average Bonchev–Trinajstić information content (AvgIpc) is 3.00. The molecule has 2 aliphatic heterocycles. The second kappa shape index (κ2) is 7.76. The summed E-state index contributed by atoms with van der Waals surface area (Å²) >= 11 is 0. The third-order valence-electron chi connectivity index (χ3n) is 4.67. The summed E-state index contributed by atoms with van der Waals surface area (Å²) in [5.74, 6) is 1.64. The maximum Gasteiger partial charge on any atom is 0.243 e. The summed E-state index contributed by atoms with van der Waals surface area (Å²) in [5.41, 5.74) is 1.09. The van der Waals surface area contributed by atoms with Crippen LogP contribution < -0.4 is 14.8 Å². The van der Waals surface area contributed by atoms with Crippen LogP contribution in [0, 0.1) is 5.92 Å². The highest BCUT2D eigenvalue weighted by Gasteiger charge is 2.34. The predicted molar refractivity (Wildman–Crippen MR) is 93.7 cm³/mol. The number of carbonyl (C=O) groups is 2. The van der Waals surface area contributed by atoms with Crippen LogP contribution in [0.2, 0.25) is 0 Å². The van der Waals surface area contributed by atoms with E-state index in [0.29, 0.717) is 39.1 Å². The van der Waals surface area contributed by atoms with Crippen LogP contribution in [0.15, 0.2) is 18.2 Å². The van der Waals surface area contributed by atoms with Crippen LogP contribution in [0.25, 0.3) is 0 Å². The molecule has 1 aromatic carbocycles. The Morgan fingerprint density at radius 2 is 2.00 bits per heavy atom. The number of rotatable bonds is 6. The van der Waals surface area contributed by atoms with Crippen molar-refractivity contribution in [2.75, 3.05) is 26.3 Å². The summed E-state index contributed by atoms with van der Waals surface area (Å²) in [7, 11) is 0. The molecule has 0 aliphatic carbocycles. The lowest BCUT2D eigenvalue weighted by molar-refractivity contribution is -0.139. The summed E-state index contributed by atoms with van der Waals surface area (Å²) in [6.07, 6.45) is 2.10. The van der Waals surface area contributed by atoms with Crippen molar-refractivity contribution in [3.8, 4) is 11.5 Å². The SMILES string of the molecule is CC(C)[C@H](C(=O)NCCc1ccc2c(c1)OCCO2)N1CCCC1=O. The first-order chi connectivity index (χ1) is 12.1. The number of amides is 2. The van der Waals surface area contributed by atoms with Crippen LogP contribution in [0.5, 0.6) is 11.5 Å². The van der Waals surface area contributed by atoms with Crippen molar-refractivity contribution < 1.29 is 19.1 Å². The van der Waals surface area contributed by atoms with E-state index in [9.17, 15) is 9.59 Å². The molecule has 2 heterocycles. The van der Waals surface area contributed by atoms with Crippen molar-refractivity contribution >= 4 is 11.8 Å². The van der Waals surface area contributed by atoms with Gasteiger partial charge in [0.2, 0.25) is 11.8 Å². The molecule has 3 rings (SSSR count). The van der Waals surface area contributed by atoms with Gasteiger partial charge in [0, 0.05) is 19.5 Å². The van der Waals surface area contributed by atoms with Crippen LogP contribution in [-0.2, 0) is 16.0 Å². The molecule has 0 bridgehead atoms. The normalized spacial score (nSPS) is 17.7. The van der Waals surface area contributed by atoms with Crippen molar-refractivity contribution in [1.82, 2.24) is 10.2 Å². The van der Waals surface area contributed by atoms with E-state index < -0.39 is 0 Å². The highest BCUT2D eigenvalue weighted by molar-refractivity contribution is 5.88. The molecule has 0 saturated carbocycles. The summed E-state index contributed by atoms with van der Waals surface area (Å²) in [4.78, 5) is 26.3. The first kappa shape index (κ1) is 17.6. The quantitative estimate of drug-likeness (QED) is 0.852. The highest BCUT2D eigenvalue weighted by Crippen LogP contribution is 2.30. The van der Waals surface area contributed by atoms with Gasteiger partial charge in [-0.1, -0.05) is 19.9 Å². The van der Waals surface area contributed by atoms with Gasteiger partial charge in [-0.05, 0) is 36.5 Å². The molecule has 2 aliphatic rings. The summed E-state index contributed by atoms with van der Waals surface area (Å²) in [6, 6.07) is 5.48. The lowest BCUT2D eigenvalue weighted by atomic mass is 10.0. The van der Waals surface area contributed by atoms with Crippen molar-refractivity contribution in [2.45, 2.75) is 39.2 Å². The molecule has 1 fully saturated rings. The first-order valence-corrected chi connectivity index (χ1v) is 9.02. The van der Waals surface area contributed by atoms with E-state index in [2.05, 4.69) is 5.32 Å². The van der Waals surface area contributed by atoms with Crippen LogP contribution in [0.3, 0.4) is 0 Å². The highest BCUT2D eigenvalue weighted by atomic mass is 16.6. The molecule has 1 saturated heterocycles. The molecular weight excluding hydrogens is 320 g/mol. The molecule has 1 aromatic rings. The summed E-state index contributed by atoms with van der Waals surface area (Å²) in [6.45, 7) is 6.32. The minimum Gasteiger partial charge on any atom is -0.486 e. The third-order valence-corrected chi connectivity index (χ3v) is 4.67. The van der Waals surface area contributed by atoms with E-state index >= 15 is 0 Å². The number of nitrogens with zero attached hydrogens (tertiary/aromatic N) is 1. The standard InChI is InChI=1S/C19H26N2O4/c1-13(2)18(21-9-3-4-17(21)22)19(23)20-8-7-14-5-6-15-16(12-14)25-11-10-24-15/h5-6,12-13,18H,3-4,7-11H2,1-2H3,(H,20,23)/t18-/m1/s1. The Morgan fingerprint density at radius 3 is 2.68 bits per heavy atom. The largest absolute Gasteiger partial charge is 0.486 e. The number of benzene rings is 1. The smallest absolute Gasteiger partial charge is 0.243 e. The van der Waals surface area contributed by atoms with Crippen LogP contribution >= 0.6 is 0 Å². The molecule has 1 atom stereocenters. The van der Waals surface area contributed by atoms with Gasteiger partial charge in [-0.25, -0.2) is 0 Å². The Balaban J connectivity index is 1.55. The minimum absolute atomic E-state index is 0.0669. The Hall–Kier alpha value is -2.24. The number of nitrogens with one attached hydrogen (secondary N) is 1. The Bertz CT molecular complexity index is 644. The molecular formula is C19H26N2O4. The van der Waals surface area contributed by atoms with Crippen molar-refractivity contribution in [3.05, 3.63) is 23.8 Å². The van der Waals surface area contributed by atoms with Crippen LogP contribution in [0.4, 0.5) is 0 Å². The molecule has 25 heavy (non-hydrogen) atoms. The van der Waals surface area contributed by atoms with Gasteiger partial charge in [0.25, 0.3) is 0 Å². The zero-order valence-corrected chi connectivity index (χ0v) is 14.9. The lowest BCUT2D eigenvalue weighted by Gasteiger charge is -2.29. The van der Waals surface area contributed by atoms with Gasteiger partial charge in [0.1, 0.15) is 19.3 Å². The molecule has 0 spiro atoms. The topological polar surface area (TPSA) is 67.9 Å². The summed E-state index contributed by atoms with van der Waals surface area (Å²) in [5, 5.41) is 2.99. The van der Waals surface area contributed by atoms with Gasteiger partial charge in [0.05, 0.1) is 0 Å². The monoisotopic (exact) mass is 346 g/mol. The van der Waals surface area contributed by atoms with Gasteiger partial charge in [-0.2, -0.15) is 0 Å². The van der Waals surface area contributed by atoms with Crippen molar-refractivity contribution in [1.29, 1.82) is 0 Å². The maximum atomic E-state index is 12.6. The zero-order valence-electron chi connectivity index (χ0n) is 14.9. The zero-order chi connectivity index (χ0) is 17.8. The van der Waals surface area contributed by atoms with Gasteiger partial charge >= 0.3 is 0 Å². The fourth-order valence-electron chi connectivity index (χ4n) is 3.45. The van der Waals surface area contributed by atoms with Gasteiger partial charge < -0.3 is 19.7 Å². The second-order valence-electron chi connectivity index (χ2n) is 6.90. The van der Waals surface area contributed by atoms with E-state index in [-0.39, 0.29) is 23.8 Å². The van der Waals surface area contributed by atoms with E-state index in [1.54, 1.807) is 4.90 Å². The number of hydrogen-bond donors (Lipinski definition) is 1. The van der Waals surface area contributed by atoms with Crippen molar-refractivity contribution in [3.63, 3.8) is 0 Å². The second-order valence-corrected chi connectivity index (χ2v) is 6.90. The number of likely N-dealkylation sites (tertiary alicyclic amines) is 1. The van der Waals surface area contributed by atoms with Crippen LogP contribution in [-0.4, -0.2) is 49.1 Å². The number of carbonyl (C=O) groups excluding carboxylic acids is 2. The van der Waals surface area contributed by atoms with E-state index in [0.717, 1.165) is 23.5 Å². The number of ether oxygens (including phenoxy) is 2. The average molecular weight is 346 g/mol. The maximum absolute atomic E-state index is 12.6. The van der Waals surface area contributed by atoms with E-state index in [1.807, 2.05) is 32.0 Å². The van der Waals surface area contributed by atoms with E-state index in [4.69, 9.17) is 9.47 Å². The fraction of sp³-hybridized carbons (Fsp3) is 0.579. The van der Waals surface area contributed by atoms with E-state index in [1.165, 1.54) is 0 Å². The molecule has 136 valence electrons. The van der Waals surface area contributed by atoms with Crippen LogP contribution in [0.1, 0.15) is 32.3 Å². The molecule has 0 radical (unpaired) electrons. The molecule has 6 nitrogen and oxygen atoms in total. The molecule has 2 amide bonds. The molecule has 1 N–H and O–H groups in total. The Morgan fingerprint density at radius 1 is 1.24 bits per heavy atom. The lowest BCUT2D eigenvalue weighted by Crippen LogP contribution is -2.50. The Kier molecular flexibility index (Phi) is 5.46. The third kappa shape index (κ3) is 4.06. The van der Waals surface area contributed by atoms with Crippen molar-refractivity contribution in [2.24, 2.45) is 5.92 Å². The number of hydrogen-bond acceptors (Lipinski definition) is 4. The Labute approximate surface area is 148 Å². The first-order valence-electron chi connectivity index (χ1n) is 9.02. The van der Waals surface area contributed by atoms with Gasteiger partial charge in [-0.15, -0.1) is 0 Å². The predicted octanol–water partition coefficient (Wildman–Crippen LogP) is 1.76. The molecule has 0 unspecified atom stereocenters. The van der Waals surface area contributed by atoms with Gasteiger partial charge in [-0.3, -0.25) is 9.59 Å². The molecule has 0 aromatic heterocycles. The van der Waals surface area contributed by atoms with Gasteiger partial charge in [0.15, 0.2) is 11.5 Å². The molecule has 6 heteroatoms. The summed E-state index contributed by atoms with van der Waals surface area (Å²) < 4.78 is 11.1. The minimum atomic E-state index is -0.379. The number of fused-ring (bicyclic) bond motifs is 1.